The highest BCUT2D eigenvalue weighted by Gasteiger charge is 2.31. The van der Waals surface area contributed by atoms with Gasteiger partial charge in [0.1, 0.15) is 5.75 Å². The van der Waals surface area contributed by atoms with Crippen molar-refractivity contribution in [1.82, 2.24) is 0 Å². The van der Waals surface area contributed by atoms with Gasteiger partial charge in [-0.15, -0.1) is 0 Å². The van der Waals surface area contributed by atoms with Crippen molar-refractivity contribution >= 4 is 0 Å². The average molecular weight is 251 g/mol. The molecule has 1 aromatic carbocycles. The van der Waals surface area contributed by atoms with E-state index in [1.807, 2.05) is 31.2 Å². The van der Waals surface area contributed by atoms with E-state index in [2.05, 4.69) is 20.8 Å². The number of methoxy groups -OCH3 is 1. The molecule has 1 rings (SSSR count). The minimum Gasteiger partial charge on any atom is -0.497 e. The van der Waals surface area contributed by atoms with Crippen LogP contribution in [0.2, 0.25) is 0 Å². The Morgan fingerprint density at radius 3 is 2.44 bits per heavy atom. The van der Waals surface area contributed by atoms with Crippen LogP contribution in [0.4, 0.5) is 0 Å². The summed E-state index contributed by atoms with van der Waals surface area (Å²) in [6.07, 6.45) is -0.0189. The standard InChI is InChI=1S/C15H25NO2/c1-6-18-14(15(2,3)4)13(16)11-8-7-9-12(10-11)17-5/h7-10,13-14H,6,16H2,1-5H3. The van der Waals surface area contributed by atoms with Crippen molar-refractivity contribution in [2.75, 3.05) is 13.7 Å². The van der Waals surface area contributed by atoms with Gasteiger partial charge in [-0.3, -0.25) is 0 Å². The van der Waals surface area contributed by atoms with Crippen LogP contribution in [0.1, 0.15) is 39.3 Å². The maximum atomic E-state index is 6.35. The molecule has 0 fully saturated rings. The largest absolute Gasteiger partial charge is 0.497 e. The quantitative estimate of drug-likeness (QED) is 0.874. The fourth-order valence-electron chi connectivity index (χ4n) is 2.10. The molecule has 2 atom stereocenters. The fourth-order valence-corrected chi connectivity index (χ4v) is 2.10. The lowest BCUT2D eigenvalue weighted by atomic mass is 9.82. The second-order valence-corrected chi connectivity index (χ2v) is 5.54. The molecule has 0 spiro atoms. The van der Waals surface area contributed by atoms with Crippen LogP contribution in [0.15, 0.2) is 24.3 Å². The van der Waals surface area contributed by atoms with Gasteiger partial charge in [0.15, 0.2) is 0 Å². The van der Waals surface area contributed by atoms with Gasteiger partial charge in [0.05, 0.1) is 19.3 Å². The molecular weight excluding hydrogens is 226 g/mol. The Bertz CT molecular complexity index is 371. The highest BCUT2D eigenvalue weighted by molar-refractivity contribution is 5.31. The van der Waals surface area contributed by atoms with Crippen molar-refractivity contribution in [2.45, 2.75) is 39.8 Å². The van der Waals surface area contributed by atoms with E-state index in [1.165, 1.54) is 0 Å². The molecule has 102 valence electrons. The van der Waals surface area contributed by atoms with E-state index in [0.717, 1.165) is 11.3 Å². The van der Waals surface area contributed by atoms with Crippen molar-refractivity contribution in [3.8, 4) is 5.75 Å². The summed E-state index contributed by atoms with van der Waals surface area (Å²) in [6, 6.07) is 7.72. The summed E-state index contributed by atoms with van der Waals surface area (Å²) in [5.41, 5.74) is 7.40. The first-order valence-electron chi connectivity index (χ1n) is 6.41. The van der Waals surface area contributed by atoms with Gasteiger partial charge in [0, 0.05) is 6.61 Å². The van der Waals surface area contributed by atoms with E-state index in [0.29, 0.717) is 6.61 Å². The molecule has 0 aliphatic rings. The van der Waals surface area contributed by atoms with Crippen molar-refractivity contribution in [2.24, 2.45) is 11.1 Å². The topological polar surface area (TPSA) is 44.5 Å². The number of ether oxygens (including phenoxy) is 2. The minimum absolute atomic E-state index is 0.00148. The molecule has 2 unspecified atom stereocenters. The van der Waals surface area contributed by atoms with Crippen LogP contribution in [0, 0.1) is 5.41 Å². The van der Waals surface area contributed by atoms with Crippen LogP contribution in [0.3, 0.4) is 0 Å². The number of rotatable bonds is 5. The number of hydrogen-bond acceptors (Lipinski definition) is 3. The molecule has 3 nitrogen and oxygen atoms in total. The second kappa shape index (κ2) is 6.21. The molecule has 0 radical (unpaired) electrons. The smallest absolute Gasteiger partial charge is 0.119 e. The van der Waals surface area contributed by atoms with Crippen molar-refractivity contribution in [3.05, 3.63) is 29.8 Å². The van der Waals surface area contributed by atoms with Gasteiger partial charge < -0.3 is 15.2 Å². The van der Waals surface area contributed by atoms with Gasteiger partial charge >= 0.3 is 0 Å². The van der Waals surface area contributed by atoms with Crippen molar-refractivity contribution in [1.29, 1.82) is 0 Å². The predicted octanol–water partition coefficient (Wildman–Crippen LogP) is 3.15. The Balaban J connectivity index is 2.97. The van der Waals surface area contributed by atoms with Gasteiger partial charge in [-0.2, -0.15) is 0 Å². The molecular formula is C15H25NO2. The summed E-state index contributed by atoms with van der Waals surface area (Å²) in [7, 11) is 1.66. The normalized spacial score (nSPS) is 15.2. The Morgan fingerprint density at radius 1 is 1.28 bits per heavy atom. The Hall–Kier alpha value is -1.06. The lowest BCUT2D eigenvalue weighted by Crippen LogP contribution is -2.39. The maximum absolute atomic E-state index is 6.35. The molecule has 0 saturated heterocycles. The van der Waals surface area contributed by atoms with E-state index in [-0.39, 0.29) is 17.6 Å². The zero-order chi connectivity index (χ0) is 13.8. The summed E-state index contributed by atoms with van der Waals surface area (Å²) >= 11 is 0. The van der Waals surface area contributed by atoms with Crippen molar-refractivity contribution in [3.63, 3.8) is 0 Å². The molecule has 0 aliphatic heterocycles. The van der Waals surface area contributed by atoms with Gasteiger partial charge in [-0.1, -0.05) is 32.9 Å². The van der Waals surface area contributed by atoms with Gasteiger partial charge in [-0.25, -0.2) is 0 Å². The highest BCUT2D eigenvalue weighted by atomic mass is 16.5. The van der Waals surface area contributed by atoms with E-state index in [9.17, 15) is 0 Å². The maximum Gasteiger partial charge on any atom is 0.119 e. The first-order chi connectivity index (χ1) is 8.40. The zero-order valence-electron chi connectivity index (χ0n) is 12.1. The fraction of sp³-hybridized carbons (Fsp3) is 0.600. The number of benzene rings is 1. The molecule has 18 heavy (non-hydrogen) atoms. The predicted molar refractivity (Wildman–Crippen MR) is 74.8 cm³/mol. The van der Waals surface area contributed by atoms with Gasteiger partial charge in [0.25, 0.3) is 0 Å². The van der Waals surface area contributed by atoms with E-state index < -0.39 is 0 Å². The second-order valence-electron chi connectivity index (χ2n) is 5.54. The lowest BCUT2D eigenvalue weighted by molar-refractivity contribution is -0.0283. The van der Waals surface area contributed by atoms with Crippen LogP contribution in [0.25, 0.3) is 0 Å². The number of nitrogens with two attached hydrogens (primary N) is 1. The Labute approximate surface area is 110 Å². The van der Waals surface area contributed by atoms with E-state index in [4.69, 9.17) is 15.2 Å². The third kappa shape index (κ3) is 3.72. The van der Waals surface area contributed by atoms with Gasteiger partial charge in [0.2, 0.25) is 0 Å². The third-order valence-electron chi connectivity index (χ3n) is 3.00. The summed E-state index contributed by atoms with van der Waals surface area (Å²) in [4.78, 5) is 0. The van der Waals surface area contributed by atoms with Crippen LogP contribution in [0.5, 0.6) is 5.75 Å². The first kappa shape index (κ1) is 15.0. The molecule has 0 bridgehead atoms. The third-order valence-corrected chi connectivity index (χ3v) is 3.00. The lowest BCUT2D eigenvalue weighted by Gasteiger charge is -2.35. The Morgan fingerprint density at radius 2 is 1.94 bits per heavy atom. The number of hydrogen-bond donors (Lipinski definition) is 1. The average Bonchev–Trinajstić information content (AvgIpc) is 2.34. The minimum atomic E-state index is -0.153. The van der Waals surface area contributed by atoms with E-state index >= 15 is 0 Å². The molecule has 0 amide bonds. The highest BCUT2D eigenvalue weighted by Crippen LogP contribution is 2.32. The molecule has 3 heteroatoms. The van der Waals surface area contributed by atoms with E-state index in [1.54, 1.807) is 7.11 Å². The molecule has 2 N–H and O–H groups in total. The molecule has 1 aromatic rings. The molecule has 0 aliphatic carbocycles. The monoisotopic (exact) mass is 251 g/mol. The summed E-state index contributed by atoms with van der Waals surface area (Å²) in [6.45, 7) is 9.10. The van der Waals surface area contributed by atoms with Crippen LogP contribution in [-0.2, 0) is 4.74 Å². The van der Waals surface area contributed by atoms with Crippen LogP contribution < -0.4 is 10.5 Å². The summed E-state index contributed by atoms with van der Waals surface area (Å²) in [5, 5.41) is 0. The van der Waals surface area contributed by atoms with Crippen molar-refractivity contribution < 1.29 is 9.47 Å². The molecule has 0 heterocycles. The van der Waals surface area contributed by atoms with Crippen LogP contribution in [-0.4, -0.2) is 19.8 Å². The Kier molecular flexibility index (Phi) is 5.17. The SMILES string of the molecule is CCOC(C(N)c1cccc(OC)c1)C(C)(C)C. The zero-order valence-corrected chi connectivity index (χ0v) is 12.1. The molecule has 0 aromatic heterocycles. The van der Waals surface area contributed by atoms with Gasteiger partial charge in [-0.05, 0) is 30.0 Å². The van der Waals surface area contributed by atoms with Crippen LogP contribution >= 0.6 is 0 Å². The molecule has 0 saturated carbocycles. The summed E-state index contributed by atoms with van der Waals surface area (Å²) in [5.74, 6) is 0.826. The summed E-state index contributed by atoms with van der Waals surface area (Å²) < 4.78 is 11.1. The first-order valence-corrected chi connectivity index (χ1v) is 6.41.